The van der Waals surface area contributed by atoms with Gasteiger partial charge in [0.05, 0.1) is 11.2 Å². The predicted octanol–water partition coefficient (Wildman–Crippen LogP) is 2.92. The van der Waals surface area contributed by atoms with Crippen molar-refractivity contribution in [3.05, 3.63) is 41.7 Å². The topological polar surface area (TPSA) is 50.5 Å². The molecule has 0 unspecified atom stereocenters. The molecule has 1 aromatic carbocycles. The Labute approximate surface area is 117 Å². The van der Waals surface area contributed by atoms with Crippen LogP contribution in [0.5, 0.6) is 0 Å². The third kappa shape index (κ3) is 1.73. The van der Waals surface area contributed by atoms with Crippen LogP contribution in [0.3, 0.4) is 0 Å². The fraction of sp³-hybridized carbons (Fsp3) is 0.333. The van der Waals surface area contributed by atoms with Gasteiger partial charge in [-0.05, 0) is 43.5 Å². The van der Waals surface area contributed by atoms with Crippen LogP contribution < -0.4 is 0 Å². The highest BCUT2D eigenvalue weighted by atomic mass is 32.2. The zero-order chi connectivity index (χ0) is 13.7. The van der Waals surface area contributed by atoms with Gasteiger partial charge < -0.3 is 4.42 Å². The first kappa shape index (κ1) is 12.2. The second-order valence-electron chi connectivity index (χ2n) is 5.45. The standard InChI is InChI=1S/C15H15NO3S/c17-20(18,16-9-12-2-1-3-13(12)10-16)14-4-5-15-11(8-14)6-7-19-15/h4-8H,1-3,9-10H2. The summed E-state index contributed by atoms with van der Waals surface area (Å²) in [6.07, 6.45) is 4.87. The molecule has 4 nitrogen and oxygen atoms in total. The lowest BCUT2D eigenvalue weighted by Gasteiger charge is -2.18. The lowest BCUT2D eigenvalue weighted by molar-refractivity contribution is 0.472. The van der Waals surface area contributed by atoms with E-state index in [-0.39, 0.29) is 0 Å². The van der Waals surface area contributed by atoms with Gasteiger partial charge in [-0.2, -0.15) is 4.31 Å². The van der Waals surface area contributed by atoms with Crippen molar-refractivity contribution in [1.29, 1.82) is 0 Å². The maximum absolute atomic E-state index is 12.7. The smallest absolute Gasteiger partial charge is 0.243 e. The molecule has 0 N–H and O–H groups in total. The van der Waals surface area contributed by atoms with Gasteiger partial charge in [-0.1, -0.05) is 11.1 Å². The molecule has 2 aliphatic rings. The Balaban J connectivity index is 1.70. The Kier molecular flexibility index (Phi) is 2.56. The van der Waals surface area contributed by atoms with E-state index in [2.05, 4.69) is 0 Å². The van der Waals surface area contributed by atoms with Gasteiger partial charge in [0.2, 0.25) is 10.0 Å². The highest BCUT2D eigenvalue weighted by Crippen LogP contribution is 2.35. The van der Waals surface area contributed by atoms with Crippen molar-refractivity contribution in [2.75, 3.05) is 13.1 Å². The number of rotatable bonds is 2. The minimum absolute atomic E-state index is 0.354. The third-order valence-corrected chi connectivity index (χ3v) is 6.04. The fourth-order valence-corrected chi connectivity index (χ4v) is 4.62. The summed E-state index contributed by atoms with van der Waals surface area (Å²) in [6.45, 7) is 1.14. The Morgan fingerprint density at radius 1 is 1.05 bits per heavy atom. The second-order valence-corrected chi connectivity index (χ2v) is 7.39. The largest absolute Gasteiger partial charge is 0.464 e. The summed E-state index contributed by atoms with van der Waals surface area (Å²) in [7, 11) is -3.40. The molecular weight excluding hydrogens is 274 g/mol. The van der Waals surface area contributed by atoms with Gasteiger partial charge in [-0.3, -0.25) is 0 Å². The lowest BCUT2D eigenvalue weighted by atomic mass is 10.2. The predicted molar refractivity (Wildman–Crippen MR) is 75.8 cm³/mol. The second kappa shape index (κ2) is 4.20. The first-order chi connectivity index (χ1) is 9.64. The molecule has 4 rings (SSSR count). The Morgan fingerprint density at radius 2 is 1.80 bits per heavy atom. The van der Waals surface area contributed by atoms with E-state index < -0.39 is 10.0 Å². The van der Waals surface area contributed by atoms with Gasteiger partial charge in [-0.15, -0.1) is 0 Å². The SMILES string of the molecule is O=S(=O)(c1ccc2occc2c1)N1CC2=C(CCC2)C1. The Bertz CT molecular complexity index is 801. The molecule has 1 aromatic heterocycles. The monoisotopic (exact) mass is 289 g/mol. The Hall–Kier alpha value is -1.59. The molecule has 5 heteroatoms. The Morgan fingerprint density at radius 3 is 2.55 bits per heavy atom. The van der Waals surface area contributed by atoms with Crippen molar-refractivity contribution in [2.24, 2.45) is 0 Å². The summed E-state index contributed by atoms with van der Waals surface area (Å²) in [4.78, 5) is 0.354. The summed E-state index contributed by atoms with van der Waals surface area (Å²) in [6, 6.07) is 6.83. The van der Waals surface area contributed by atoms with Crippen LogP contribution in [0.2, 0.25) is 0 Å². The number of benzene rings is 1. The molecule has 104 valence electrons. The molecule has 1 aliphatic heterocycles. The summed E-state index contributed by atoms with van der Waals surface area (Å²) in [5.41, 5.74) is 3.38. The number of hydrogen-bond donors (Lipinski definition) is 0. The lowest BCUT2D eigenvalue weighted by Crippen LogP contribution is -2.30. The van der Waals surface area contributed by atoms with E-state index in [9.17, 15) is 8.42 Å². The van der Waals surface area contributed by atoms with Gasteiger partial charge in [-0.25, -0.2) is 8.42 Å². The van der Waals surface area contributed by atoms with E-state index in [1.54, 1.807) is 34.8 Å². The molecule has 0 fully saturated rings. The van der Waals surface area contributed by atoms with Gasteiger partial charge in [0.1, 0.15) is 5.58 Å². The van der Waals surface area contributed by atoms with Crippen LogP contribution in [0.1, 0.15) is 19.3 Å². The molecule has 0 spiro atoms. The number of nitrogens with zero attached hydrogens (tertiary/aromatic N) is 1. The molecule has 0 saturated carbocycles. The average Bonchev–Trinajstić information content (AvgIpc) is 3.12. The maximum atomic E-state index is 12.7. The van der Waals surface area contributed by atoms with Crippen LogP contribution in [-0.2, 0) is 10.0 Å². The summed E-state index contributed by atoms with van der Waals surface area (Å²) in [5, 5.41) is 0.825. The zero-order valence-electron chi connectivity index (χ0n) is 11.0. The van der Waals surface area contributed by atoms with Crippen LogP contribution in [0.25, 0.3) is 11.0 Å². The van der Waals surface area contributed by atoms with Gasteiger partial charge >= 0.3 is 0 Å². The molecule has 20 heavy (non-hydrogen) atoms. The van der Waals surface area contributed by atoms with Crippen LogP contribution in [0.4, 0.5) is 0 Å². The number of furan rings is 1. The summed E-state index contributed by atoms with van der Waals surface area (Å²) >= 11 is 0. The zero-order valence-corrected chi connectivity index (χ0v) is 11.8. The van der Waals surface area contributed by atoms with Crippen molar-refractivity contribution in [3.63, 3.8) is 0 Å². The van der Waals surface area contributed by atoms with E-state index in [1.165, 1.54) is 17.6 Å². The maximum Gasteiger partial charge on any atom is 0.243 e. The highest BCUT2D eigenvalue weighted by Gasteiger charge is 2.33. The summed E-state index contributed by atoms with van der Waals surface area (Å²) in [5.74, 6) is 0. The molecule has 0 atom stereocenters. The van der Waals surface area contributed by atoms with Crippen molar-refractivity contribution >= 4 is 21.0 Å². The van der Waals surface area contributed by atoms with E-state index in [4.69, 9.17) is 4.42 Å². The normalized spacial score (nSPS) is 20.0. The minimum atomic E-state index is -3.40. The molecule has 2 heterocycles. The van der Waals surface area contributed by atoms with E-state index in [1.807, 2.05) is 0 Å². The first-order valence-corrected chi connectivity index (χ1v) is 8.26. The van der Waals surface area contributed by atoms with Crippen molar-refractivity contribution in [1.82, 2.24) is 4.31 Å². The number of sulfonamides is 1. The van der Waals surface area contributed by atoms with Crippen molar-refractivity contribution in [3.8, 4) is 0 Å². The van der Waals surface area contributed by atoms with Crippen LogP contribution in [-0.4, -0.2) is 25.8 Å². The van der Waals surface area contributed by atoms with E-state index in [0.717, 1.165) is 18.2 Å². The average molecular weight is 289 g/mol. The number of fused-ring (bicyclic) bond motifs is 1. The molecule has 2 aromatic rings. The molecule has 1 aliphatic carbocycles. The van der Waals surface area contributed by atoms with E-state index >= 15 is 0 Å². The first-order valence-electron chi connectivity index (χ1n) is 6.82. The quantitative estimate of drug-likeness (QED) is 0.799. The van der Waals surface area contributed by atoms with Crippen LogP contribution in [0, 0.1) is 0 Å². The molecule has 0 amide bonds. The minimum Gasteiger partial charge on any atom is -0.464 e. The van der Waals surface area contributed by atoms with Crippen LogP contribution in [0.15, 0.2) is 51.0 Å². The van der Waals surface area contributed by atoms with Gasteiger partial charge in [0.15, 0.2) is 0 Å². The fourth-order valence-electron chi connectivity index (χ4n) is 3.16. The van der Waals surface area contributed by atoms with Crippen LogP contribution >= 0.6 is 0 Å². The van der Waals surface area contributed by atoms with E-state index in [0.29, 0.717) is 23.6 Å². The third-order valence-electron chi connectivity index (χ3n) is 4.25. The van der Waals surface area contributed by atoms with Crippen molar-refractivity contribution < 1.29 is 12.8 Å². The molecular formula is C15H15NO3S. The summed E-state index contributed by atoms with van der Waals surface area (Å²) < 4.78 is 32.2. The molecule has 0 saturated heterocycles. The van der Waals surface area contributed by atoms with Gasteiger partial charge in [0, 0.05) is 18.5 Å². The highest BCUT2D eigenvalue weighted by molar-refractivity contribution is 7.89. The number of hydrogen-bond acceptors (Lipinski definition) is 3. The molecule has 0 radical (unpaired) electrons. The molecule has 0 bridgehead atoms. The van der Waals surface area contributed by atoms with Crippen molar-refractivity contribution in [2.45, 2.75) is 24.2 Å². The van der Waals surface area contributed by atoms with Gasteiger partial charge in [0.25, 0.3) is 0 Å².